The second kappa shape index (κ2) is 8.51. The van der Waals surface area contributed by atoms with Gasteiger partial charge in [-0.15, -0.1) is 0 Å². The Kier molecular flexibility index (Phi) is 5.17. The first-order valence-electron chi connectivity index (χ1n) is 11.6. The van der Waals surface area contributed by atoms with Crippen molar-refractivity contribution in [1.29, 1.82) is 5.41 Å². The zero-order valence-corrected chi connectivity index (χ0v) is 19.2. The van der Waals surface area contributed by atoms with Crippen molar-refractivity contribution in [2.45, 2.75) is 26.0 Å². The number of ether oxygens (including phenoxy) is 3. The molecule has 1 aliphatic carbocycles. The van der Waals surface area contributed by atoms with E-state index in [0.717, 1.165) is 17.7 Å². The molecular formula is C28H24N2O5. The molecule has 0 radical (unpaired) electrons. The number of hydrogen-bond donors (Lipinski definition) is 2. The average molecular weight is 469 g/mol. The SMILES string of the molecule is CC(=N)C1CC1Nc1ccc2oc(-c3ccc4c(c3)OCO4)c(OCc3ccccc3)c(=O)c2c1. The highest BCUT2D eigenvalue weighted by molar-refractivity contribution is 5.87. The second-order valence-electron chi connectivity index (χ2n) is 8.92. The van der Waals surface area contributed by atoms with Gasteiger partial charge in [0, 0.05) is 28.9 Å². The molecule has 2 heterocycles. The molecule has 2 N–H and O–H groups in total. The number of anilines is 1. The van der Waals surface area contributed by atoms with Gasteiger partial charge in [0.2, 0.25) is 18.0 Å². The largest absolute Gasteiger partial charge is 0.481 e. The molecule has 3 aromatic carbocycles. The molecule has 176 valence electrons. The van der Waals surface area contributed by atoms with E-state index in [-0.39, 0.29) is 36.5 Å². The van der Waals surface area contributed by atoms with E-state index in [4.69, 9.17) is 24.0 Å². The lowest BCUT2D eigenvalue weighted by atomic mass is 10.1. The Bertz CT molecular complexity index is 1490. The van der Waals surface area contributed by atoms with Crippen LogP contribution in [0.1, 0.15) is 18.9 Å². The third-order valence-electron chi connectivity index (χ3n) is 6.41. The van der Waals surface area contributed by atoms with Crippen molar-refractivity contribution in [1.82, 2.24) is 0 Å². The molecule has 0 bridgehead atoms. The summed E-state index contributed by atoms with van der Waals surface area (Å²) >= 11 is 0. The summed E-state index contributed by atoms with van der Waals surface area (Å²) in [7, 11) is 0. The Hall–Kier alpha value is -4.26. The van der Waals surface area contributed by atoms with E-state index in [0.29, 0.717) is 39.5 Å². The Morgan fingerprint density at radius 2 is 1.89 bits per heavy atom. The van der Waals surface area contributed by atoms with Crippen molar-refractivity contribution in [2.75, 3.05) is 12.1 Å². The number of fused-ring (bicyclic) bond motifs is 2. The first-order chi connectivity index (χ1) is 17.1. The van der Waals surface area contributed by atoms with Crippen LogP contribution >= 0.6 is 0 Å². The van der Waals surface area contributed by atoms with Crippen molar-refractivity contribution in [3.8, 4) is 28.6 Å². The summed E-state index contributed by atoms with van der Waals surface area (Å²) in [5, 5.41) is 11.7. The maximum absolute atomic E-state index is 13.7. The van der Waals surface area contributed by atoms with Gasteiger partial charge in [-0.25, -0.2) is 0 Å². The van der Waals surface area contributed by atoms with Gasteiger partial charge in [0.05, 0.1) is 5.39 Å². The van der Waals surface area contributed by atoms with E-state index in [1.807, 2.05) is 49.4 Å². The summed E-state index contributed by atoms with van der Waals surface area (Å²) in [6, 6.07) is 20.8. The van der Waals surface area contributed by atoms with Crippen LogP contribution in [0, 0.1) is 11.3 Å². The van der Waals surface area contributed by atoms with Gasteiger partial charge in [-0.2, -0.15) is 0 Å². The summed E-state index contributed by atoms with van der Waals surface area (Å²) in [6.45, 7) is 2.22. The van der Waals surface area contributed by atoms with E-state index < -0.39 is 0 Å². The predicted molar refractivity (Wildman–Crippen MR) is 134 cm³/mol. The van der Waals surface area contributed by atoms with Crippen LogP contribution in [-0.2, 0) is 6.61 Å². The molecule has 7 nitrogen and oxygen atoms in total. The molecule has 6 rings (SSSR count). The molecule has 1 aliphatic heterocycles. The van der Waals surface area contributed by atoms with Gasteiger partial charge >= 0.3 is 0 Å². The van der Waals surface area contributed by atoms with Crippen molar-refractivity contribution in [2.24, 2.45) is 5.92 Å². The molecule has 0 amide bonds. The van der Waals surface area contributed by atoms with E-state index in [1.165, 1.54) is 0 Å². The van der Waals surface area contributed by atoms with E-state index in [9.17, 15) is 4.79 Å². The number of rotatable bonds is 7. The normalized spacial score (nSPS) is 17.9. The Morgan fingerprint density at radius 1 is 1.06 bits per heavy atom. The van der Waals surface area contributed by atoms with Crippen LogP contribution in [0.25, 0.3) is 22.3 Å². The fourth-order valence-electron chi connectivity index (χ4n) is 4.40. The van der Waals surface area contributed by atoms with Gasteiger partial charge in [-0.1, -0.05) is 30.3 Å². The minimum absolute atomic E-state index is 0.150. The molecule has 35 heavy (non-hydrogen) atoms. The first-order valence-corrected chi connectivity index (χ1v) is 11.6. The lowest BCUT2D eigenvalue weighted by molar-refractivity contribution is 0.174. The second-order valence-corrected chi connectivity index (χ2v) is 8.92. The molecule has 0 spiro atoms. The standard InChI is InChI=1S/C28H24N2O5/c1-16(29)20-13-22(20)30-19-8-10-23-21(12-19)26(31)28(32-14-17-5-3-2-4-6-17)27(35-23)18-7-9-24-25(11-18)34-15-33-24/h2-12,20,22,29-30H,13-15H2,1H3. The van der Waals surface area contributed by atoms with Crippen LogP contribution in [0.5, 0.6) is 17.2 Å². The van der Waals surface area contributed by atoms with Crippen LogP contribution < -0.4 is 25.0 Å². The van der Waals surface area contributed by atoms with Gasteiger partial charge < -0.3 is 29.4 Å². The monoisotopic (exact) mass is 468 g/mol. The predicted octanol–water partition coefficient (Wildman–Crippen LogP) is 5.61. The molecule has 2 atom stereocenters. The summed E-state index contributed by atoms with van der Waals surface area (Å²) < 4.78 is 23.3. The molecule has 1 aromatic heterocycles. The quantitative estimate of drug-likeness (QED) is 0.343. The Balaban J connectivity index is 1.41. The Labute approximate surface area is 201 Å². The summed E-state index contributed by atoms with van der Waals surface area (Å²) in [5.74, 6) is 1.99. The van der Waals surface area contributed by atoms with E-state index in [2.05, 4.69) is 5.32 Å². The molecule has 4 aromatic rings. The third-order valence-corrected chi connectivity index (χ3v) is 6.41. The van der Waals surface area contributed by atoms with Gasteiger partial charge in [-0.3, -0.25) is 4.79 Å². The van der Waals surface area contributed by atoms with Crippen molar-refractivity contribution in [3.05, 3.63) is 82.5 Å². The number of benzene rings is 3. The smallest absolute Gasteiger partial charge is 0.235 e. The minimum atomic E-state index is -0.242. The minimum Gasteiger partial charge on any atom is -0.481 e. The van der Waals surface area contributed by atoms with E-state index in [1.54, 1.807) is 24.3 Å². The molecular weight excluding hydrogens is 444 g/mol. The molecule has 0 saturated heterocycles. The Morgan fingerprint density at radius 3 is 2.69 bits per heavy atom. The molecule has 2 aliphatic rings. The molecule has 1 saturated carbocycles. The van der Waals surface area contributed by atoms with Gasteiger partial charge in [0.15, 0.2) is 17.3 Å². The number of hydrogen-bond acceptors (Lipinski definition) is 7. The van der Waals surface area contributed by atoms with Gasteiger partial charge in [0.25, 0.3) is 0 Å². The average Bonchev–Trinajstić information content (AvgIpc) is 3.49. The van der Waals surface area contributed by atoms with E-state index >= 15 is 0 Å². The third kappa shape index (κ3) is 4.10. The topological polar surface area (TPSA) is 93.8 Å². The van der Waals surface area contributed by atoms with Crippen molar-refractivity contribution in [3.63, 3.8) is 0 Å². The fraction of sp³-hybridized carbons (Fsp3) is 0.214. The van der Waals surface area contributed by atoms with Gasteiger partial charge in [-0.05, 0) is 55.3 Å². The number of nitrogens with one attached hydrogen (secondary N) is 2. The van der Waals surface area contributed by atoms with Crippen LogP contribution in [0.3, 0.4) is 0 Å². The molecule has 7 heteroatoms. The highest BCUT2D eigenvalue weighted by Crippen LogP contribution is 2.40. The highest BCUT2D eigenvalue weighted by atomic mass is 16.7. The summed E-state index contributed by atoms with van der Waals surface area (Å²) in [5.41, 5.74) is 3.34. The van der Waals surface area contributed by atoms with Crippen LogP contribution in [0.15, 0.2) is 75.9 Å². The lowest BCUT2D eigenvalue weighted by Crippen LogP contribution is -2.12. The first kappa shape index (κ1) is 21.3. The van der Waals surface area contributed by atoms with Crippen molar-refractivity contribution >= 4 is 22.4 Å². The molecule has 2 unspecified atom stereocenters. The fourth-order valence-corrected chi connectivity index (χ4v) is 4.40. The maximum Gasteiger partial charge on any atom is 0.235 e. The van der Waals surface area contributed by atoms with Gasteiger partial charge in [0.1, 0.15) is 12.2 Å². The highest BCUT2D eigenvalue weighted by Gasteiger charge is 2.38. The zero-order valence-electron chi connectivity index (χ0n) is 19.2. The summed E-state index contributed by atoms with van der Waals surface area (Å²) in [6.07, 6.45) is 0.927. The van der Waals surface area contributed by atoms with Crippen LogP contribution in [0.2, 0.25) is 0 Å². The van der Waals surface area contributed by atoms with Crippen molar-refractivity contribution < 1.29 is 18.6 Å². The lowest BCUT2D eigenvalue weighted by Gasteiger charge is -2.13. The molecule has 1 fully saturated rings. The maximum atomic E-state index is 13.7. The summed E-state index contributed by atoms with van der Waals surface area (Å²) in [4.78, 5) is 13.7. The van der Waals surface area contributed by atoms with Crippen LogP contribution in [-0.4, -0.2) is 18.5 Å². The zero-order chi connectivity index (χ0) is 23.9. The van der Waals surface area contributed by atoms with Crippen LogP contribution in [0.4, 0.5) is 5.69 Å².